The van der Waals surface area contributed by atoms with Gasteiger partial charge >= 0.3 is 0 Å². The number of halogens is 1. The Morgan fingerprint density at radius 2 is 2.06 bits per heavy atom. The summed E-state index contributed by atoms with van der Waals surface area (Å²) >= 11 is 5.91. The van der Waals surface area contributed by atoms with Crippen LogP contribution in [0.25, 0.3) is 0 Å². The molecular weight excluding hydrogens is 236 g/mol. The van der Waals surface area contributed by atoms with Crippen molar-refractivity contribution < 1.29 is 4.74 Å². The number of benzene rings is 1. The van der Waals surface area contributed by atoms with Gasteiger partial charge in [-0.2, -0.15) is 0 Å². The number of nitrogens with one attached hydrogen (secondary N) is 1. The van der Waals surface area contributed by atoms with E-state index in [0.29, 0.717) is 28.9 Å². The SMILES string of the molecule is CCC(CC)COc1cc(Cl)ccc1C(=N)N. The zero-order valence-electron chi connectivity index (χ0n) is 10.3. The highest BCUT2D eigenvalue weighted by atomic mass is 35.5. The molecule has 1 rings (SSSR count). The average Bonchev–Trinajstić information content (AvgIpc) is 2.30. The molecule has 3 N–H and O–H groups in total. The molecule has 1 aromatic rings. The van der Waals surface area contributed by atoms with Crippen molar-refractivity contribution in [2.24, 2.45) is 11.7 Å². The number of ether oxygens (including phenoxy) is 1. The minimum absolute atomic E-state index is 0.00112. The molecule has 94 valence electrons. The molecule has 0 bridgehead atoms. The molecule has 0 radical (unpaired) electrons. The van der Waals surface area contributed by atoms with E-state index in [0.717, 1.165) is 12.8 Å². The molecule has 3 nitrogen and oxygen atoms in total. The minimum atomic E-state index is 0.00112. The fourth-order valence-corrected chi connectivity index (χ4v) is 1.73. The van der Waals surface area contributed by atoms with Crippen LogP contribution < -0.4 is 10.5 Å². The fourth-order valence-electron chi connectivity index (χ4n) is 1.57. The van der Waals surface area contributed by atoms with Crippen LogP contribution in [-0.2, 0) is 0 Å². The molecule has 0 saturated heterocycles. The van der Waals surface area contributed by atoms with Crippen LogP contribution in [0.15, 0.2) is 18.2 Å². The van der Waals surface area contributed by atoms with Crippen molar-refractivity contribution in [2.75, 3.05) is 6.61 Å². The van der Waals surface area contributed by atoms with E-state index in [-0.39, 0.29) is 5.84 Å². The van der Waals surface area contributed by atoms with Gasteiger partial charge in [-0.1, -0.05) is 38.3 Å². The van der Waals surface area contributed by atoms with Gasteiger partial charge in [-0.05, 0) is 24.1 Å². The summed E-state index contributed by atoms with van der Waals surface area (Å²) in [6, 6.07) is 5.13. The number of hydrogen-bond acceptors (Lipinski definition) is 2. The normalized spacial score (nSPS) is 10.6. The first kappa shape index (κ1) is 13.8. The molecule has 0 spiro atoms. The van der Waals surface area contributed by atoms with E-state index in [4.69, 9.17) is 27.5 Å². The third-order valence-corrected chi connectivity index (χ3v) is 3.10. The van der Waals surface area contributed by atoms with Gasteiger partial charge in [0.1, 0.15) is 11.6 Å². The van der Waals surface area contributed by atoms with Crippen molar-refractivity contribution in [3.8, 4) is 5.75 Å². The van der Waals surface area contributed by atoms with E-state index < -0.39 is 0 Å². The standard InChI is InChI=1S/C13H19ClN2O/c1-3-9(4-2)8-17-12-7-10(14)5-6-11(12)13(15)16/h5-7,9H,3-4,8H2,1-2H3,(H3,15,16). The van der Waals surface area contributed by atoms with Crippen LogP contribution in [-0.4, -0.2) is 12.4 Å². The van der Waals surface area contributed by atoms with Crippen LogP contribution in [0.4, 0.5) is 0 Å². The number of hydrogen-bond donors (Lipinski definition) is 2. The predicted molar refractivity (Wildman–Crippen MR) is 72.0 cm³/mol. The number of amidine groups is 1. The summed E-state index contributed by atoms with van der Waals surface area (Å²) in [5.74, 6) is 1.12. The van der Waals surface area contributed by atoms with Crippen molar-refractivity contribution in [3.63, 3.8) is 0 Å². The first-order chi connectivity index (χ1) is 8.08. The summed E-state index contributed by atoms with van der Waals surface area (Å²) in [4.78, 5) is 0. The topological polar surface area (TPSA) is 59.1 Å². The molecule has 0 unspecified atom stereocenters. The molecule has 0 amide bonds. The molecule has 1 aromatic carbocycles. The molecule has 4 heteroatoms. The van der Waals surface area contributed by atoms with Gasteiger partial charge in [0.25, 0.3) is 0 Å². The van der Waals surface area contributed by atoms with Gasteiger partial charge in [-0.3, -0.25) is 5.41 Å². The van der Waals surface area contributed by atoms with Crippen molar-refractivity contribution in [2.45, 2.75) is 26.7 Å². The number of rotatable bonds is 6. The summed E-state index contributed by atoms with van der Waals surface area (Å²) in [5.41, 5.74) is 6.09. The lowest BCUT2D eigenvalue weighted by molar-refractivity contribution is 0.240. The van der Waals surface area contributed by atoms with Gasteiger partial charge in [0, 0.05) is 5.02 Å². The molecule has 0 aliphatic heterocycles. The minimum Gasteiger partial charge on any atom is -0.492 e. The predicted octanol–water partition coefficient (Wildman–Crippen LogP) is 3.44. The molecule has 17 heavy (non-hydrogen) atoms. The summed E-state index contributed by atoms with van der Waals surface area (Å²) in [7, 11) is 0. The zero-order valence-corrected chi connectivity index (χ0v) is 11.1. The van der Waals surface area contributed by atoms with Gasteiger partial charge in [0.05, 0.1) is 12.2 Å². The second-order valence-electron chi connectivity index (χ2n) is 4.05. The Kier molecular flexibility index (Phi) is 5.29. The molecule has 0 heterocycles. The Hall–Kier alpha value is -1.22. The van der Waals surface area contributed by atoms with Crippen molar-refractivity contribution in [3.05, 3.63) is 28.8 Å². The first-order valence-electron chi connectivity index (χ1n) is 5.85. The van der Waals surface area contributed by atoms with Crippen LogP contribution in [0.5, 0.6) is 5.75 Å². The van der Waals surface area contributed by atoms with Crippen molar-refractivity contribution in [1.29, 1.82) is 5.41 Å². The molecule has 0 aliphatic carbocycles. The van der Waals surface area contributed by atoms with Crippen LogP contribution in [0, 0.1) is 11.3 Å². The maximum Gasteiger partial charge on any atom is 0.131 e. The van der Waals surface area contributed by atoms with E-state index in [2.05, 4.69) is 13.8 Å². The Morgan fingerprint density at radius 1 is 1.41 bits per heavy atom. The molecule has 0 fully saturated rings. The quantitative estimate of drug-likeness (QED) is 0.604. The lowest BCUT2D eigenvalue weighted by Crippen LogP contribution is -2.16. The third-order valence-electron chi connectivity index (χ3n) is 2.86. The molecule has 0 saturated carbocycles. The Balaban J connectivity index is 2.81. The lowest BCUT2D eigenvalue weighted by atomic mass is 10.1. The van der Waals surface area contributed by atoms with Crippen LogP contribution in [0.2, 0.25) is 5.02 Å². The van der Waals surface area contributed by atoms with Crippen molar-refractivity contribution >= 4 is 17.4 Å². The van der Waals surface area contributed by atoms with E-state index in [1.165, 1.54) is 0 Å². The first-order valence-corrected chi connectivity index (χ1v) is 6.23. The second kappa shape index (κ2) is 6.50. The highest BCUT2D eigenvalue weighted by Crippen LogP contribution is 2.24. The highest BCUT2D eigenvalue weighted by Gasteiger charge is 2.10. The molecular formula is C13H19ClN2O. The van der Waals surface area contributed by atoms with E-state index >= 15 is 0 Å². The fraction of sp³-hybridized carbons (Fsp3) is 0.462. The lowest BCUT2D eigenvalue weighted by Gasteiger charge is -2.16. The van der Waals surface area contributed by atoms with Gasteiger partial charge in [-0.25, -0.2) is 0 Å². The van der Waals surface area contributed by atoms with E-state index in [1.807, 2.05) is 0 Å². The summed E-state index contributed by atoms with van der Waals surface area (Å²) < 4.78 is 5.72. The highest BCUT2D eigenvalue weighted by molar-refractivity contribution is 6.30. The van der Waals surface area contributed by atoms with Crippen LogP contribution >= 0.6 is 11.6 Å². The number of nitrogens with two attached hydrogens (primary N) is 1. The van der Waals surface area contributed by atoms with Crippen LogP contribution in [0.1, 0.15) is 32.3 Å². The maximum absolute atomic E-state index is 7.48. The maximum atomic E-state index is 7.48. The Bertz CT molecular complexity index is 389. The molecule has 0 aliphatic rings. The van der Waals surface area contributed by atoms with Gasteiger partial charge < -0.3 is 10.5 Å². The van der Waals surface area contributed by atoms with Crippen LogP contribution in [0.3, 0.4) is 0 Å². The van der Waals surface area contributed by atoms with Gasteiger partial charge in [0.2, 0.25) is 0 Å². The summed E-state index contributed by atoms with van der Waals surface area (Å²) in [6.45, 7) is 4.91. The van der Waals surface area contributed by atoms with E-state index in [1.54, 1.807) is 18.2 Å². The Morgan fingerprint density at radius 3 is 2.59 bits per heavy atom. The largest absolute Gasteiger partial charge is 0.492 e. The smallest absolute Gasteiger partial charge is 0.131 e. The van der Waals surface area contributed by atoms with Gasteiger partial charge in [-0.15, -0.1) is 0 Å². The van der Waals surface area contributed by atoms with Gasteiger partial charge in [0.15, 0.2) is 0 Å². The molecule has 0 aromatic heterocycles. The van der Waals surface area contributed by atoms with Crippen molar-refractivity contribution in [1.82, 2.24) is 0 Å². The summed E-state index contributed by atoms with van der Waals surface area (Å²) in [5, 5.41) is 8.07. The zero-order chi connectivity index (χ0) is 12.8. The monoisotopic (exact) mass is 254 g/mol. The second-order valence-corrected chi connectivity index (χ2v) is 4.48. The summed E-state index contributed by atoms with van der Waals surface area (Å²) in [6.07, 6.45) is 2.15. The third kappa shape index (κ3) is 3.93. The average molecular weight is 255 g/mol. The van der Waals surface area contributed by atoms with E-state index in [9.17, 15) is 0 Å². The molecule has 0 atom stereocenters. The Labute approximate surface area is 107 Å². The number of nitrogen functional groups attached to an aromatic ring is 1.